The third-order valence-electron chi connectivity index (χ3n) is 2.83. The third-order valence-corrected chi connectivity index (χ3v) is 3.70. The summed E-state index contributed by atoms with van der Waals surface area (Å²) in [5, 5.41) is 3.94. The first-order chi connectivity index (χ1) is 9.09. The number of rotatable bonds is 3. The second-order valence-corrected chi connectivity index (χ2v) is 5.00. The minimum absolute atomic E-state index is 0.200. The van der Waals surface area contributed by atoms with Crippen molar-refractivity contribution in [3.63, 3.8) is 0 Å². The summed E-state index contributed by atoms with van der Waals surface area (Å²) in [6.07, 6.45) is 0. The Bertz CT molecular complexity index is 611. The van der Waals surface area contributed by atoms with Gasteiger partial charge in [0.25, 0.3) is 5.91 Å². The number of amides is 1. The van der Waals surface area contributed by atoms with Crippen LogP contribution in [0.3, 0.4) is 0 Å². The van der Waals surface area contributed by atoms with Crippen LogP contribution in [0.5, 0.6) is 0 Å². The van der Waals surface area contributed by atoms with Crippen LogP contribution in [-0.4, -0.2) is 5.91 Å². The average molecular weight is 294 g/mol. The van der Waals surface area contributed by atoms with Crippen molar-refractivity contribution in [2.45, 2.75) is 13.5 Å². The van der Waals surface area contributed by atoms with E-state index in [0.717, 1.165) is 11.1 Å². The van der Waals surface area contributed by atoms with Gasteiger partial charge in [-0.2, -0.15) is 0 Å². The van der Waals surface area contributed by atoms with Crippen LogP contribution in [0.15, 0.2) is 42.5 Å². The van der Waals surface area contributed by atoms with Gasteiger partial charge in [-0.1, -0.05) is 53.5 Å². The van der Waals surface area contributed by atoms with Gasteiger partial charge >= 0.3 is 0 Å². The summed E-state index contributed by atoms with van der Waals surface area (Å²) in [5.41, 5.74) is 2.24. The topological polar surface area (TPSA) is 29.1 Å². The first kappa shape index (κ1) is 13.9. The van der Waals surface area contributed by atoms with Gasteiger partial charge in [0.05, 0.1) is 10.6 Å². The molecule has 0 bridgehead atoms. The summed E-state index contributed by atoms with van der Waals surface area (Å²) >= 11 is 12.1. The highest BCUT2D eigenvalue weighted by molar-refractivity contribution is 6.34. The van der Waals surface area contributed by atoms with Gasteiger partial charge in [0.15, 0.2) is 0 Å². The highest BCUT2D eigenvalue weighted by Gasteiger charge is 2.11. The van der Waals surface area contributed by atoms with Crippen molar-refractivity contribution in [3.8, 4) is 0 Å². The summed E-state index contributed by atoms with van der Waals surface area (Å²) in [6, 6.07) is 12.8. The Hall–Kier alpha value is -1.51. The molecule has 0 radical (unpaired) electrons. The highest BCUT2D eigenvalue weighted by Crippen LogP contribution is 2.20. The van der Waals surface area contributed by atoms with Gasteiger partial charge in [-0.3, -0.25) is 4.79 Å². The van der Waals surface area contributed by atoms with Crippen LogP contribution in [0.4, 0.5) is 0 Å². The Morgan fingerprint density at radius 3 is 2.58 bits per heavy atom. The zero-order valence-electron chi connectivity index (χ0n) is 10.4. The molecule has 4 heteroatoms. The van der Waals surface area contributed by atoms with Crippen molar-refractivity contribution in [1.29, 1.82) is 0 Å². The van der Waals surface area contributed by atoms with Crippen LogP contribution in [-0.2, 0) is 6.54 Å². The maximum Gasteiger partial charge on any atom is 0.253 e. The molecule has 2 rings (SSSR count). The second-order valence-electron chi connectivity index (χ2n) is 4.21. The monoisotopic (exact) mass is 293 g/mol. The lowest BCUT2D eigenvalue weighted by Crippen LogP contribution is -2.23. The van der Waals surface area contributed by atoms with E-state index >= 15 is 0 Å². The number of carbonyl (C=O) groups is 1. The number of benzene rings is 2. The van der Waals surface area contributed by atoms with Gasteiger partial charge in [0.1, 0.15) is 0 Å². The Morgan fingerprint density at radius 2 is 1.84 bits per heavy atom. The zero-order chi connectivity index (χ0) is 13.8. The molecule has 0 unspecified atom stereocenters. The van der Waals surface area contributed by atoms with E-state index in [1.807, 2.05) is 37.3 Å². The largest absolute Gasteiger partial charge is 0.348 e. The van der Waals surface area contributed by atoms with E-state index in [-0.39, 0.29) is 5.91 Å². The third kappa shape index (κ3) is 3.28. The fraction of sp³-hybridized carbons (Fsp3) is 0.133. The minimum atomic E-state index is -0.200. The number of aryl methyl sites for hydroxylation is 1. The second kappa shape index (κ2) is 6.09. The van der Waals surface area contributed by atoms with Crippen molar-refractivity contribution < 1.29 is 4.79 Å². The van der Waals surface area contributed by atoms with E-state index in [0.29, 0.717) is 22.2 Å². The summed E-state index contributed by atoms with van der Waals surface area (Å²) in [6.45, 7) is 2.25. The highest BCUT2D eigenvalue weighted by atomic mass is 35.5. The van der Waals surface area contributed by atoms with Crippen molar-refractivity contribution in [3.05, 3.63) is 69.2 Å². The maximum absolute atomic E-state index is 12.1. The summed E-state index contributed by atoms with van der Waals surface area (Å²) in [5.74, 6) is -0.200. The lowest BCUT2D eigenvalue weighted by Gasteiger charge is -2.09. The molecule has 0 saturated heterocycles. The molecule has 1 N–H and O–H groups in total. The Balaban J connectivity index is 2.10. The predicted octanol–water partition coefficient (Wildman–Crippen LogP) is 4.23. The molecule has 0 spiro atoms. The molecule has 1 amide bonds. The van der Waals surface area contributed by atoms with Crippen LogP contribution in [0.25, 0.3) is 0 Å². The van der Waals surface area contributed by atoms with Crippen molar-refractivity contribution in [1.82, 2.24) is 5.32 Å². The number of carbonyl (C=O) groups excluding carboxylic acids is 1. The SMILES string of the molecule is Cc1cccc(C(=O)NCc2ccccc2Cl)c1Cl. The molecule has 0 saturated carbocycles. The number of halogens is 2. The smallest absolute Gasteiger partial charge is 0.253 e. The number of hydrogen-bond acceptors (Lipinski definition) is 1. The van der Waals surface area contributed by atoms with Gasteiger partial charge in [-0.15, -0.1) is 0 Å². The molecule has 2 nitrogen and oxygen atoms in total. The molecule has 19 heavy (non-hydrogen) atoms. The van der Waals surface area contributed by atoms with E-state index in [2.05, 4.69) is 5.32 Å². The fourth-order valence-electron chi connectivity index (χ4n) is 1.74. The van der Waals surface area contributed by atoms with Crippen LogP contribution in [0.2, 0.25) is 10.0 Å². The first-order valence-electron chi connectivity index (χ1n) is 5.86. The minimum Gasteiger partial charge on any atom is -0.348 e. The van der Waals surface area contributed by atoms with E-state index in [9.17, 15) is 4.79 Å². The molecule has 98 valence electrons. The van der Waals surface area contributed by atoms with Crippen LogP contribution in [0, 0.1) is 6.92 Å². The van der Waals surface area contributed by atoms with E-state index in [1.54, 1.807) is 12.1 Å². The molecule has 2 aromatic carbocycles. The summed E-state index contributed by atoms with van der Waals surface area (Å²) in [7, 11) is 0. The number of hydrogen-bond donors (Lipinski definition) is 1. The quantitative estimate of drug-likeness (QED) is 0.901. The molecule has 0 aliphatic rings. The van der Waals surface area contributed by atoms with Crippen molar-refractivity contribution in [2.75, 3.05) is 0 Å². The molecule has 0 atom stereocenters. The lowest BCUT2D eigenvalue weighted by molar-refractivity contribution is 0.0951. The van der Waals surface area contributed by atoms with Crippen molar-refractivity contribution in [2.24, 2.45) is 0 Å². The van der Waals surface area contributed by atoms with Gasteiger partial charge in [0, 0.05) is 11.6 Å². The van der Waals surface area contributed by atoms with Crippen molar-refractivity contribution >= 4 is 29.1 Å². The Morgan fingerprint density at radius 1 is 1.11 bits per heavy atom. The molecular weight excluding hydrogens is 281 g/mol. The molecule has 0 aliphatic carbocycles. The van der Waals surface area contributed by atoms with Gasteiger partial charge in [-0.05, 0) is 30.2 Å². The molecule has 0 aromatic heterocycles. The lowest BCUT2D eigenvalue weighted by atomic mass is 10.1. The van der Waals surface area contributed by atoms with E-state index in [4.69, 9.17) is 23.2 Å². The molecular formula is C15H13Cl2NO. The standard InChI is InChI=1S/C15H13Cl2NO/c1-10-5-4-7-12(14(10)17)15(19)18-9-11-6-2-3-8-13(11)16/h2-8H,9H2,1H3,(H,18,19). The van der Waals surface area contributed by atoms with E-state index in [1.165, 1.54) is 0 Å². The zero-order valence-corrected chi connectivity index (χ0v) is 11.9. The first-order valence-corrected chi connectivity index (χ1v) is 6.62. The van der Waals surface area contributed by atoms with Crippen LogP contribution >= 0.6 is 23.2 Å². The summed E-state index contributed by atoms with van der Waals surface area (Å²) < 4.78 is 0. The van der Waals surface area contributed by atoms with Crippen LogP contribution < -0.4 is 5.32 Å². The average Bonchev–Trinajstić information content (AvgIpc) is 2.40. The van der Waals surface area contributed by atoms with Gasteiger partial charge in [0.2, 0.25) is 0 Å². The van der Waals surface area contributed by atoms with Gasteiger partial charge < -0.3 is 5.32 Å². The molecule has 2 aromatic rings. The predicted molar refractivity (Wildman–Crippen MR) is 78.8 cm³/mol. The molecule has 0 heterocycles. The molecule has 0 fully saturated rings. The number of nitrogens with one attached hydrogen (secondary N) is 1. The Kier molecular flexibility index (Phi) is 4.46. The van der Waals surface area contributed by atoms with Crippen LogP contribution in [0.1, 0.15) is 21.5 Å². The molecule has 0 aliphatic heterocycles. The normalized spacial score (nSPS) is 10.3. The Labute approximate surface area is 122 Å². The maximum atomic E-state index is 12.1. The van der Waals surface area contributed by atoms with E-state index < -0.39 is 0 Å². The summed E-state index contributed by atoms with van der Waals surface area (Å²) in [4.78, 5) is 12.1. The fourth-order valence-corrected chi connectivity index (χ4v) is 2.15. The van der Waals surface area contributed by atoms with Gasteiger partial charge in [-0.25, -0.2) is 0 Å².